The fourth-order valence-corrected chi connectivity index (χ4v) is 1.38. The molecule has 0 saturated heterocycles. The third kappa shape index (κ3) is 4.28. The van der Waals surface area contributed by atoms with Gasteiger partial charge in [0, 0.05) is 0 Å². The van der Waals surface area contributed by atoms with Crippen molar-refractivity contribution in [2.24, 2.45) is 5.73 Å². The number of urea groups is 1. The molecule has 0 fully saturated rings. The number of hydrogen-bond donors (Lipinski definition) is 3. The molecule has 5 N–H and O–H groups in total. The maximum atomic E-state index is 12.3. The molecule has 1 heterocycles. The summed E-state index contributed by atoms with van der Waals surface area (Å²) in [6, 6.07) is 0.126. The van der Waals surface area contributed by atoms with Gasteiger partial charge in [0.1, 0.15) is 17.8 Å². The van der Waals surface area contributed by atoms with Crippen molar-refractivity contribution in [3.05, 3.63) is 22.8 Å². The smallest absolute Gasteiger partial charge is 0.352 e. The number of alkyl halides is 3. The highest BCUT2D eigenvalue weighted by Gasteiger charge is 2.32. The minimum Gasteiger partial charge on any atom is -0.352 e. The highest BCUT2D eigenvalue weighted by Crippen LogP contribution is 2.30. The number of nitrogens with one attached hydrogen (secondary N) is 3. The van der Waals surface area contributed by atoms with Crippen molar-refractivity contribution in [2.45, 2.75) is 6.18 Å². The van der Waals surface area contributed by atoms with Crippen LogP contribution in [0.4, 0.5) is 23.8 Å². The van der Waals surface area contributed by atoms with E-state index in [1.165, 1.54) is 0 Å². The molecule has 1 aromatic heterocycles. The number of carbonyl (C=O) groups excluding carboxylic acids is 1. The van der Waals surface area contributed by atoms with E-state index in [1.807, 2.05) is 0 Å². The first kappa shape index (κ1) is 14.4. The van der Waals surface area contributed by atoms with Gasteiger partial charge in [-0.3, -0.25) is 5.32 Å². The quantitative estimate of drug-likeness (QED) is 0.727. The normalized spacial score (nSPS) is 11.1. The van der Waals surface area contributed by atoms with Gasteiger partial charge < -0.3 is 11.1 Å². The Balaban J connectivity index is 2.60. The zero-order valence-electron chi connectivity index (χ0n) is 9.07. The Labute approximate surface area is 106 Å². The van der Waals surface area contributed by atoms with E-state index < -0.39 is 17.8 Å². The van der Waals surface area contributed by atoms with E-state index in [-0.39, 0.29) is 23.9 Å². The van der Waals surface area contributed by atoms with E-state index in [2.05, 4.69) is 15.6 Å². The van der Waals surface area contributed by atoms with E-state index in [0.29, 0.717) is 0 Å². The van der Waals surface area contributed by atoms with Crippen LogP contribution in [-0.4, -0.2) is 19.1 Å². The SMILES string of the molecule is NC(=O)NCCNc1[nH+]cc(C(F)(F)F)cc1Cl. The Bertz CT molecular complexity index is 438. The maximum absolute atomic E-state index is 12.3. The van der Waals surface area contributed by atoms with Crippen molar-refractivity contribution in [1.29, 1.82) is 0 Å². The van der Waals surface area contributed by atoms with Crippen LogP contribution in [0.2, 0.25) is 5.02 Å². The molecule has 2 amide bonds. The Morgan fingerprint density at radius 3 is 2.61 bits per heavy atom. The molecule has 18 heavy (non-hydrogen) atoms. The average molecular weight is 284 g/mol. The topological polar surface area (TPSA) is 81.3 Å². The van der Waals surface area contributed by atoms with E-state index in [0.717, 1.165) is 12.3 Å². The van der Waals surface area contributed by atoms with Crippen LogP contribution in [0.3, 0.4) is 0 Å². The monoisotopic (exact) mass is 283 g/mol. The fourth-order valence-electron chi connectivity index (χ4n) is 1.14. The van der Waals surface area contributed by atoms with Gasteiger partial charge in [0.05, 0.1) is 12.1 Å². The highest BCUT2D eigenvalue weighted by atomic mass is 35.5. The molecule has 0 saturated carbocycles. The summed E-state index contributed by atoms with van der Waals surface area (Å²) in [7, 11) is 0. The number of pyridine rings is 1. The predicted octanol–water partition coefficient (Wildman–Crippen LogP) is 1.25. The number of halogens is 4. The molecule has 5 nitrogen and oxygen atoms in total. The largest absolute Gasteiger partial charge is 0.419 e. The molecule has 0 unspecified atom stereocenters. The Morgan fingerprint density at radius 2 is 2.11 bits per heavy atom. The van der Waals surface area contributed by atoms with Crippen LogP contribution in [0.1, 0.15) is 5.56 Å². The molecule has 1 aromatic rings. The fraction of sp³-hybridized carbons (Fsp3) is 0.333. The van der Waals surface area contributed by atoms with Gasteiger partial charge in [-0.1, -0.05) is 11.6 Å². The van der Waals surface area contributed by atoms with Crippen LogP contribution in [0, 0.1) is 0 Å². The number of primary amides is 1. The van der Waals surface area contributed by atoms with E-state index in [1.54, 1.807) is 0 Å². The summed E-state index contributed by atoms with van der Waals surface area (Å²) >= 11 is 5.67. The van der Waals surface area contributed by atoms with Crippen molar-refractivity contribution in [1.82, 2.24) is 5.32 Å². The highest BCUT2D eigenvalue weighted by molar-refractivity contribution is 6.32. The van der Waals surface area contributed by atoms with Crippen LogP contribution >= 0.6 is 11.6 Å². The van der Waals surface area contributed by atoms with Crippen molar-refractivity contribution in [3.63, 3.8) is 0 Å². The molecule has 100 valence electrons. The molecular weight excluding hydrogens is 273 g/mol. The van der Waals surface area contributed by atoms with E-state index in [9.17, 15) is 18.0 Å². The van der Waals surface area contributed by atoms with Gasteiger partial charge in [-0.25, -0.2) is 9.78 Å². The number of anilines is 1. The molecule has 0 aromatic carbocycles. The second kappa shape index (κ2) is 5.76. The number of nitrogens with two attached hydrogens (primary N) is 1. The van der Waals surface area contributed by atoms with Gasteiger partial charge in [-0.05, 0) is 6.07 Å². The van der Waals surface area contributed by atoms with Gasteiger partial charge in [-0.2, -0.15) is 13.2 Å². The standard InChI is InChI=1S/C9H10ClF3N4O/c10-6-3-5(9(11,12)13)4-17-7(6)15-1-2-16-8(14)18/h3-4H,1-2H2,(H,15,17)(H3,14,16,18)/p+1. The molecule has 0 aliphatic rings. The Hall–Kier alpha value is -1.70. The summed E-state index contributed by atoms with van der Waals surface area (Å²) in [5.41, 5.74) is 3.97. The third-order valence-electron chi connectivity index (χ3n) is 1.95. The minimum absolute atomic E-state index is 0.0936. The van der Waals surface area contributed by atoms with Crippen LogP contribution in [0.5, 0.6) is 0 Å². The molecule has 0 aliphatic carbocycles. The summed E-state index contributed by atoms with van der Waals surface area (Å²) < 4.78 is 37.0. The summed E-state index contributed by atoms with van der Waals surface area (Å²) in [6.45, 7) is 0.491. The summed E-state index contributed by atoms with van der Waals surface area (Å²) in [5.74, 6) is 0.232. The van der Waals surface area contributed by atoms with Crippen molar-refractivity contribution in [2.75, 3.05) is 18.4 Å². The zero-order valence-corrected chi connectivity index (χ0v) is 9.82. The van der Waals surface area contributed by atoms with Crippen LogP contribution < -0.4 is 21.4 Å². The third-order valence-corrected chi connectivity index (χ3v) is 2.24. The molecular formula is C9H11ClF3N4O+. The summed E-state index contributed by atoms with van der Waals surface area (Å²) in [4.78, 5) is 12.8. The first-order valence-electron chi connectivity index (χ1n) is 4.86. The van der Waals surface area contributed by atoms with Crippen LogP contribution in [0.15, 0.2) is 12.3 Å². The van der Waals surface area contributed by atoms with E-state index >= 15 is 0 Å². The van der Waals surface area contributed by atoms with Gasteiger partial charge in [-0.15, -0.1) is 0 Å². The van der Waals surface area contributed by atoms with Crippen molar-refractivity contribution < 1.29 is 22.9 Å². The number of aromatic amines is 1. The number of aromatic nitrogens is 1. The molecule has 0 spiro atoms. The lowest BCUT2D eigenvalue weighted by atomic mass is 10.3. The number of rotatable bonds is 4. The zero-order chi connectivity index (χ0) is 13.8. The number of hydrogen-bond acceptors (Lipinski definition) is 2. The van der Waals surface area contributed by atoms with Crippen molar-refractivity contribution >= 4 is 23.4 Å². The number of H-pyrrole nitrogens is 1. The molecule has 1 rings (SSSR count). The first-order chi connectivity index (χ1) is 8.30. The minimum atomic E-state index is -4.45. The first-order valence-corrected chi connectivity index (χ1v) is 5.24. The van der Waals surface area contributed by atoms with E-state index in [4.69, 9.17) is 17.3 Å². The lowest BCUT2D eigenvalue weighted by Crippen LogP contribution is -2.33. The second-order valence-electron chi connectivity index (χ2n) is 3.33. The van der Waals surface area contributed by atoms with Crippen LogP contribution in [0.25, 0.3) is 0 Å². The lowest BCUT2D eigenvalue weighted by molar-refractivity contribution is -0.364. The van der Waals surface area contributed by atoms with Crippen molar-refractivity contribution in [3.8, 4) is 0 Å². The van der Waals surface area contributed by atoms with Crippen LogP contribution in [-0.2, 0) is 6.18 Å². The lowest BCUT2D eigenvalue weighted by Gasteiger charge is -2.06. The molecule has 0 aliphatic heterocycles. The summed E-state index contributed by atoms with van der Waals surface area (Å²) in [5, 5.41) is 4.94. The van der Waals surface area contributed by atoms with Gasteiger partial charge >= 0.3 is 12.2 Å². The number of carbonyl (C=O) groups is 1. The second-order valence-corrected chi connectivity index (χ2v) is 3.73. The Morgan fingerprint density at radius 1 is 1.44 bits per heavy atom. The van der Waals surface area contributed by atoms with Gasteiger partial charge in [0.2, 0.25) is 0 Å². The Kier molecular flexibility index (Phi) is 4.60. The molecule has 0 bridgehead atoms. The predicted molar refractivity (Wildman–Crippen MR) is 59.1 cm³/mol. The molecule has 0 radical (unpaired) electrons. The molecule has 9 heteroatoms. The summed E-state index contributed by atoms with van der Waals surface area (Å²) in [6.07, 6.45) is -3.65. The maximum Gasteiger partial charge on any atom is 0.419 e. The number of amides is 2. The molecule has 0 atom stereocenters. The average Bonchev–Trinajstić information content (AvgIpc) is 2.24. The van der Waals surface area contributed by atoms with Gasteiger partial charge in [0.25, 0.3) is 5.82 Å². The van der Waals surface area contributed by atoms with Gasteiger partial charge in [0.15, 0.2) is 0 Å².